The van der Waals surface area contributed by atoms with Gasteiger partial charge in [-0.15, -0.1) is 12.4 Å². The molecule has 1 saturated heterocycles. The number of likely N-dealkylation sites (tertiary alicyclic amines) is 1. The average molecular weight is 251 g/mol. The maximum atomic E-state index is 11.6. The van der Waals surface area contributed by atoms with Crippen LogP contribution in [0.15, 0.2) is 0 Å². The van der Waals surface area contributed by atoms with E-state index in [1.165, 1.54) is 12.8 Å². The second-order valence-electron chi connectivity index (χ2n) is 4.15. The van der Waals surface area contributed by atoms with Gasteiger partial charge in [0.15, 0.2) is 0 Å². The van der Waals surface area contributed by atoms with Crippen LogP contribution in [0.3, 0.4) is 0 Å². The summed E-state index contributed by atoms with van der Waals surface area (Å²) in [6.07, 6.45) is 4.31. The number of carbonyl (C=O) groups is 1. The van der Waals surface area contributed by atoms with E-state index in [2.05, 4.69) is 6.92 Å². The van der Waals surface area contributed by atoms with Crippen molar-refractivity contribution in [3.63, 3.8) is 0 Å². The average Bonchev–Trinajstić information content (AvgIpc) is 2.64. The van der Waals surface area contributed by atoms with Gasteiger partial charge in [-0.25, -0.2) is 0 Å². The van der Waals surface area contributed by atoms with Crippen LogP contribution in [0.5, 0.6) is 0 Å². The van der Waals surface area contributed by atoms with E-state index in [1.54, 1.807) is 4.90 Å². The van der Waals surface area contributed by atoms with Crippen LogP contribution < -0.4 is 5.73 Å². The minimum absolute atomic E-state index is 0. The SMILES string of the molecule is CCCCCOCC(=O)N1CC[C@@H](N)C1.Cl. The molecule has 0 bridgehead atoms. The Kier molecular flexibility index (Phi) is 8.61. The monoisotopic (exact) mass is 250 g/mol. The normalized spacial score (nSPS) is 19.6. The van der Waals surface area contributed by atoms with Crippen molar-refractivity contribution in [3.8, 4) is 0 Å². The summed E-state index contributed by atoms with van der Waals surface area (Å²) in [5, 5.41) is 0. The third kappa shape index (κ3) is 5.68. The summed E-state index contributed by atoms with van der Waals surface area (Å²) in [6, 6.07) is 0.161. The molecule has 0 aromatic carbocycles. The number of hydrogen-bond donors (Lipinski definition) is 1. The zero-order valence-corrected chi connectivity index (χ0v) is 10.8. The lowest BCUT2D eigenvalue weighted by Crippen LogP contribution is -2.34. The van der Waals surface area contributed by atoms with E-state index in [0.717, 1.165) is 19.4 Å². The van der Waals surface area contributed by atoms with Crippen LogP contribution in [0.25, 0.3) is 0 Å². The van der Waals surface area contributed by atoms with Crippen LogP contribution in [0.2, 0.25) is 0 Å². The van der Waals surface area contributed by atoms with Crippen LogP contribution in [-0.2, 0) is 9.53 Å². The fourth-order valence-electron chi connectivity index (χ4n) is 1.72. The lowest BCUT2D eigenvalue weighted by molar-refractivity contribution is -0.135. The molecule has 0 aromatic heterocycles. The minimum atomic E-state index is 0. The zero-order chi connectivity index (χ0) is 11.1. The standard InChI is InChI=1S/C11H22N2O2.ClH/c1-2-3-4-7-15-9-11(14)13-6-5-10(12)8-13;/h10H,2-9,12H2,1H3;1H/t10-;/m1./s1. The lowest BCUT2D eigenvalue weighted by atomic mass is 10.3. The summed E-state index contributed by atoms with van der Waals surface area (Å²) >= 11 is 0. The first-order valence-electron chi connectivity index (χ1n) is 5.85. The first kappa shape index (κ1) is 15.7. The Morgan fingerprint density at radius 1 is 1.50 bits per heavy atom. The topological polar surface area (TPSA) is 55.6 Å². The predicted molar refractivity (Wildman–Crippen MR) is 66.8 cm³/mol. The highest BCUT2D eigenvalue weighted by atomic mass is 35.5. The van der Waals surface area contributed by atoms with Crippen LogP contribution in [0, 0.1) is 0 Å². The Hall–Kier alpha value is -0.320. The van der Waals surface area contributed by atoms with Crippen molar-refractivity contribution in [1.29, 1.82) is 0 Å². The fourth-order valence-corrected chi connectivity index (χ4v) is 1.72. The Morgan fingerprint density at radius 2 is 2.25 bits per heavy atom. The molecule has 0 aromatic rings. The number of ether oxygens (including phenoxy) is 1. The second-order valence-corrected chi connectivity index (χ2v) is 4.15. The van der Waals surface area contributed by atoms with Gasteiger partial charge in [0.05, 0.1) is 0 Å². The van der Waals surface area contributed by atoms with Gasteiger partial charge in [0.25, 0.3) is 0 Å². The predicted octanol–water partition coefficient (Wildman–Crippen LogP) is 1.17. The molecule has 1 rings (SSSR count). The summed E-state index contributed by atoms with van der Waals surface area (Å²) in [5.41, 5.74) is 5.72. The van der Waals surface area contributed by atoms with E-state index >= 15 is 0 Å². The molecular formula is C11H23ClN2O2. The van der Waals surface area contributed by atoms with E-state index in [1.807, 2.05) is 0 Å². The summed E-state index contributed by atoms with van der Waals surface area (Å²) in [5.74, 6) is 0.0828. The van der Waals surface area contributed by atoms with Gasteiger partial charge in [0, 0.05) is 25.7 Å². The first-order valence-corrected chi connectivity index (χ1v) is 5.85. The number of rotatable bonds is 6. The van der Waals surface area contributed by atoms with Crippen molar-refractivity contribution >= 4 is 18.3 Å². The molecule has 1 atom stereocenters. The first-order chi connectivity index (χ1) is 7.24. The summed E-state index contributed by atoms with van der Waals surface area (Å²) in [4.78, 5) is 13.4. The molecule has 16 heavy (non-hydrogen) atoms. The van der Waals surface area contributed by atoms with Crippen molar-refractivity contribution in [1.82, 2.24) is 4.90 Å². The molecule has 0 aliphatic carbocycles. The second kappa shape index (κ2) is 8.79. The van der Waals surface area contributed by atoms with Crippen LogP contribution in [-0.4, -0.2) is 43.2 Å². The number of nitrogens with zero attached hydrogens (tertiary/aromatic N) is 1. The number of halogens is 1. The molecule has 96 valence electrons. The molecule has 0 spiro atoms. The molecule has 1 aliphatic heterocycles. The number of amides is 1. The highest BCUT2D eigenvalue weighted by Crippen LogP contribution is 2.07. The number of carbonyl (C=O) groups excluding carboxylic acids is 1. The largest absolute Gasteiger partial charge is 0.372 e. The molecule has 4 nitrogen and oxygen atoms in total. The van der Waals surface area contributed by atoms with Gasteiger partial charge < -0.3 is 15.4 Å². The van der Waals surface area contributed by atoms with E-state index in [4.69, 9.17) is 10.5 Å². The summed E-state index contributed by atoms with van der Waals surface area (Å²) < 4.78 is 5.31. The van der Waals surface area contributed by atoms with E-state index in [0.29, 0.717) is 13.2 Å². The molecule has 5 heteroatoms. The van der Waals surface area contributed by atoms with Crippen molar-refractivity contribution in [3.05, 3.63) is 0 Å². The Bertz CT molecular complexity index is 202. The lowest BCUT2D eigenvalue weighted by Gasteiger charge is -2.15. The molecule has 2 N–H and O–H groups in total. The van der Waals surface area contributed by atoms with Gasteiger partial charge in [-0.2, -0.15) is 0 Å². The van der Waals surface area contributed by atoms with Crippen molar-refractivity contribution in [2.75, 3.05) is 26.3 Å². The highest BCUT2D eigenvalue weighted by Gasteiger charge is 2.23. The van der Waals surface area contributed by atoms with Crippen LogP contribution in [0.4, 0.5) is 0 Å². The van der Waals surface area contributed by atoms with Crippen molar-refractivity contribution < 1.29 is 9.53 Å². The van der Waals surface area contributed by atoms with E-state index in [-0.39, 0.29) is 31.0 Å². The minimum Gasteiger partial charge on any atom is -0.372 e. The summed E-state index contributed by atoms with van der Waals surface area (Å²) in [7, 11) is 0. The smallest absolute Gasteiger partial charge is 0.248 e. The van der Waals surface area contributed by atoms with E-state index in [9.17, 15) is 4.79 Å². The molecule has 0 saturated carbocycles. The third-order valence-corrected chi connectivity index (χ3v) is 2.70. The van der Waals surface area contributed by atoms with Gasteiger partial charge in [0.2, 0.25) is 5.91 Å². The van der Waals surface area contributed by atoms with E-state index < -0.39 is 0 Å². The van der Waals surface area contributed by atoms with Gasteiger partial charge >= 0.3 is 0 Å². The molecule has 1 amide bonds. The van der Waals surface area contributed by atoms with Crippen LogP contribution in [0.1, 0.15) is 32.6 Å². The van der Waals surface area contributed by atoms with Gasteiger partial charge in [-0.05, 0) is 12.8 Å². The molecular weight excluding hydrogens is 228 g/mol. The molecule has 1 aliphatic rings. The van der Waals surface area contributed by atoms with Gasteiger partial charge in [-0.1, -0.05) is 19.8 Å². The molecule has 0 unspecified atom stereocenters. The quantitative estimate of drug-likeness (QED) is 0.720. The maximum Gasteiger partial charge on any atom is 0.248 e. The Labute approximate surface area is 104 Å². The number of nitrogens with two attached hydrogens (primary N) is 1. The maximum absolute atomic E-state index is 11.6. The molecule has 0 radical (unpaired) electrons. The Balaban J connectivity index is 0.00000225. The highest BCUT2D eigenvalue weighted by molar-refractivity contribution is 5.85. The number of unbranched alkanes of at least 4 members (excludes halogenated alkanes) is 2. The van der Waals surface area contributed by atoms with Gasteiger partial charge in [-0.3, -0.25) is 4.79 Å². The van der Waals surface area contributed by atoms with Gasteiger partial charge in [0.1, 0.15) is 6.61 Å². The third-order valence-electron chi connectivity index (χ3n) is 2.70. The fraction of sp³-hybridized carbons (Fsp3) is 0.909. The van der Waals surface area contributed by atoms with Crippen LogP contribution >= 0.6 is 12.4 Å². The molecule has 1 fully saturated rings. The number of hydrogen-bond acceptors (Lipinski definition) is 3. The molecule has 1 heterocycles. The van der Waals surface area contributed by atoms with Crippen molar-refractivity contribution in [2.45, 2.75) is 38.6 Å². The zero-order valence-electron chi connectivity index (χ0n) is 9.98. The van der Waals surface area contributed by atoms with Crippen molar-refractivity contribution in [2.24, 2.45) is 5.73 Å². The summed E-state index contributed by atoms with van der Waals surface area (Å²) in [6.45, 7) is 4.54. The Morgan fingerprint density at radius 3 is 2.81 bits per heavy atom.